The summed E-state index contributed by atoms with van der Waals surface area (Å²) in [5, 5.41) is 2.20. The zero-order chi connectivity index (χ0) is 25.2. The van der Waals surface area contributed by atoms with E-state index in [1.165, 1.54) is 5.56 Å². The molecule has 0 radical (unpaired) electrons. The maximum absolute atomic E-state index is 10.8. The standard InChI is InChI=1S/C29H31N3O4/c1-28(2)24-9-5-6-10-25(24)32(16-20-35-19-15-31(13-17-33)14-18-34)29(28)21-30-27-23-8-4-3-7-22(23)11-12-26(27)36-29/h3-12,17-18,21H,13-16,19-20H2,1-2H3. The van der Waals surface area contributed by atoms with Crippen molar-refractivity contribution in [2.45, 2.75) is 25.0 Å². The van der Waals surface area contributed by atoms with E-state index >= 15 is 0 Å². The van der Waals surface area contributed by atoms with E-state index in [2.05, 4.69) is 55.1 Å². The molecule has 7 nitrogen and oxygen atoms in total. The van der Waals surface area contributed by atoms with Gasteiger partial charge in [0.05, 0.1) is 37.9 Å². The molecule has 2 heterocycles. The normalized spacial score (nSPS) is 19.4. The van der Waals surface area contributed by atoms with Crippen molar-refractivity contribution in [1.29, 1.82) is 0 Å². The van der Waals surface area contributed by atoms with Gasteiger partial charge in [-0.25, -0.2) is 0 Å². The molecule has 0 fully saturated rings. The summed E-state index contributed by atoms with van der Waals surface area (Å²) in [7, 11) is 0. The van der Waals surface area contributed by atoms with Gasteiger partial charge in [-0.15, -0.1) is 0 Å². The fourth-order valence-electron chi connectivity index (χ4n) is 5.36. The highest BCUT2D eigenvalue weighted by Gasteiger charge is 2.59. The van der Waals surface area contributed by atoms with E-state index in [9.17, 15) is 9.59 Å². The second kappa shape index (κ2) is 9.84. The van der Waals surface area contributed by atoms with Crippen LogP contribution in [0.5, 0.6) is 5.75 Å². The predicted molar refractivity (Wildman–Crippen MR) is 142 cm³/mol. The number of para-hydroxylation sites is 1. The van der Waals surface area contributed by atoms with Crippen molar-refractivity contribution in [2.75, 3.05) is 44.3 Å². The molecule has 186 valence electrons. The first-order valence-electron chi connectivity index (χ1n) is 12.3. The van der Waals surface area contributed by atoms with Crippen molar-refractivity contribution in [2.24, 2.45) is 4.99 Å². The number of fused-ring (bicyclic) bond motifs is 4. The third-order valence-electron chi connectivity index (χ3n) is 7.34. The topological polar surface area (TPSA) is 71.4 Å². The largest absolute Gasteiger partial charge is 0.459 e. The summed E-state index contributed by atoms with van der Waals surface area (Å²) in [5.41, 5.74) is 1.97. The lowest BCUT2D eigenvalue weighted by Crippen LogP contribution is -2.62. The van der Waals surface area contributed by atoms with Crippen molar-refractivity contribution < 1.29 is 19.1 Å². The van der Waals surface area contributed by atoms with Crippen molar-refractivity contribution >= 4 is 40.9 Å². The molecule has 3 aromatic rings. The number of aldehydes is 2. The summed E-state index contributed by atoms with van der Waals surface area (Å²) >= 11 is 0. The van der Waals surface area contributed by atoms with E-state index in [0.717, 1.165) is 40.5 Å². The van der Waals surface area contributed by atoms with Gasteiger partial charge in [-0.05, 0) is 36.9 Å². The van der Waals surface area contributed by atoms with Gasteiger partial charge in [-0.3, -0.25) is 9.89 Å². The van der Waals surface area contributed by atoms with Gasteiger partial charge < -0.3 is 24.0 Å². The molecule has 2 aliphatic heterocycles. The summed E-state index contributed by atoms with van der Waals surface area (Å²) in [6.07, 6.45) is 3.56. The van der Waals surface area contributed by atoms with Crippen LogP contribution in [0.25, 0.3) is 10.8 Å². The number of hydrogen-bond acceptors (Lipinski definition) is 7. The number of ether oxygens (including phenoxy) is 2. The highest BCUT2D eigenvalue weighted by molar-refractivity contribution is 5.99. The molecule has 1 unspecified atom stereocenters. The van der Waals surface area contributed by atoms with E-state index in [4.69, 9.17) is 14.5 Å². The van der Waals surface area contributed by atoms with E-state index in [1.54, 1.807) is 4.90 Å². The van der Waals surface area contributed by atoms with Gasteiger partial charge in [-0.2, -0.15) is 0 Å². The molecule has 0 aliphatic carbocycles. The van der Waals surface area contributed by atoms with Crippen LogP contribution in [0, 0.1) is 0 Å². The number of rotatable bonds is 10. The third-order valence-corrected chi connectivity index (χ3v) is 7.34. The molecule has 0 N–H and O–H groups in total. The lowest BCUT2D eigenvalue weighted by Gasteiger charge is -2.46. The van der Waals surface area contributed by atoms with Crippen LogP contribution in [-0.4, -0.2) is 68.8 Å². The van der Waals surface area contributed by atoms with Crippen LogP contribution in [0.3, 0.4) is 0 Å². The van der Waals surface area contributed by atoms with E-state index in [-0.39, 0.29) is 18.5 Å². The molecule has 36 heavy (non-hydrogen) atoms. The second-order valence-corrected chi connectivity index (χ2v) is 9.69. The molecule has 3 aromatic carbocycles. The monoisotopic (exact) mass is 485 g/mol. The predicted octanol–water partition coefficient (Wildman–Crippen LogP) is 4.15. The smallest absolute Gasteiger partial charge is 0.228 e. The van der Waals surface area contributed by atoms with Crippen LogP contribution in [0.15, 0.2) is 65.7 Å². The maximum Gasteiger partial charge on any atom is 0.228 e. The highest BCUT2D eigenvalue weighted by Crippen LogP contribution is 2.54. The summed E-state index contributed by atoms with van der Waals surface area (Å²) in [6, 6.07) is 20.7. The highest BCUT2D eigenvalue weighted by atomic mass is 16.5. The first-order chi connectivity index (χ1) is 17.5. The van der Waals surface area contributed by atoms with Gasteiger partial charge in [-0.1, -0.05) is 48.5 Å². The van der Waals surface area contributed by atoms with Crippen molar-refractivity contribution in [3.05, 3.63) is 66.2 Å². The minimum absolute atomic E-state index is 0.220. The lowest BCUT2D eigenvalue weighted by atomic mass is 9.77. The van der Waals surface area contributed by atoms with Crippen molar-refractivity contribution in [3.63, 3.8) is 0 Å². The quantitative estimate of drug-likeness (QED) is 0.317. The van der Waals surface area contributed by atoms with Crippen LogP contribution < -0.4 is 9.64 Å². The van der Waals surface area contributed by atoms with Gasteiger partial charge in [0.1, 0.15) is 24.0 Å². The van der Waals surface area contributed by atoms with Crippen LogP contribution in [-0.2, 0) is 19.7 Å². The van der Waals surface area contributed by atoms with E-state index in [1.807, 2.05) is 30.5 Å². The van der Waals surface area contributed by atoms with E-state index < -0.39 is 5.72 Å². The maximum atomic E-state index is 10.8. The number of anilines is 1. The van der Waals surface area contributed by atoms with Crippen molar-refractivity contribution in [1.82, 2.24) is 4.90 Å². The zero-order valence-electron chi connectivity index (χ0n) is 20.7. The summed E-state index contributed by atoms with van der Waals surface area (Å²) in [5.74, 6) is 0.765. The summed E-state index contributed by atoms with van der Waals surface area (Å²) < 4.78 is 12.8. The fourth-order valence-corrected chi connectivity index (χ4v) is 5.36. The second-order valence-electron chi connectivity index (χ2n) is 9.69. The molecule has 2 aliphatic rings. The number of benzene rings is 3. The molecular formula is C29H31N3O4. The average Bonchev–Trinajstić information content (AvgIpc) is 3.07. The van der Waals surface area contributed by atoms with Gasteiger partial charge in [0, 0.05) is 24.2 Å². The molecule has 0 saturated carbocycles. The summed E-state index contributed by atoms with van der Waals surface area (Å²) in [6.45, 7) is 6.83. The molecule has 1 spiro atoms. The molecular weight excluding hydrogens is 454 g/mol. The van der Waals surface area contributed by atoms with Crippen LogP contribution in [0.4, 0.5) is 11.4 Å². The molecule has 0 amide bonds. The molecule has 7 heteroatoms. The number of carbonyl (C=O) groups excluding carboxylic acids is 2. The third kappa shape index (κ3) is 3.98. The average molecular weight is 486 g/mol. The first kappa shape index (κ1) is 24.2. The van der Waals surface area contributed by atoms with Gasteiger partial charge in [0.2, 0.25) is 5.72 Å². The Morgan fingerprint density at radius 3 is 2.53 bits per heavy atom. The lowest BCUT2D eigenvalue weighted by molar-refractivity contribution is -0.111. The molecule has 0 aromatic heterocycles. The van der Waals surface area contributed by atoms with Crippen LogP contribution in [0.2, 0.25) is 0 Å². The van der Waals surface area contributed by atoms with Crippen molar-refractivity contribution in [3.8, 4) is 5.75 Å². The Kier molecular flexibility index (Phi) is 6.60. The minimum Gasteiger partial charge on any atom is -0.459 e. The number of aliphatic imine (C=N–C) groups is 1. The SMILES string of the molecule is CC1(C)c2ccccc2N(CCOCCN(CC=O)CC=O)C12C=Nc1c(ccc3ccccc13)O2. The molecule has 0 bridgehead atoms. The first-order valence-corrected chi connectivity index (χ1v) is 12.3. The molecule has 5 rings (SSSR count). The Morgan fingerprint density at radius 2 is 1.72 bits per heavy atom. The van der Waals surface area contributed by atoms with Gasteiger partial charge in [0.25, 0.3) is 0 Å². The Balaban J connectivity index is 1.40. The Morgan fingerprint density at radius 1 is 0.972 bits per heavy atom. The van der Waals surface area contributed by atoms with Crippen LogP contribution >= 0.6 is 0 Å². The Labute approximate surface area is 211 Å². The number of nitrogens with zero attached hydrogens (tertiary/aromatic N) is 3. The number of hydrogen-bond donors (Lipinski definition) is 0. The van der Waals surface area contributed by atoms with Crippen LogP contribution in [0.1, 0.15) is 19.4 Å². The van der Waals surface area contributed by atoms with E-state index in [0.29, 0.717) is 26.3 Å². The molecule has 1 atom stereocenters. The van der Waals surface area contributed by atoms with Gasteiger partial charge >= 0.3 is 0 Å². The summed E-state index contributed by atoms with van der Waals surface area (Å²) in [4.78, 5) is 30.7. The Hall–Kier alpha value is -3.55. The minimum atomic E-state index is -0.809. The number of carbonyl (C=O) groups is 2. The van der Waals surface area contributed by atoms with Gasteiger partial charge in [0.15, 0.2) is 0 Å². The Bertz CT molecular complexity index is 1290. The molecule has 0 saturated heterocycles. The zero-order valence-corrected chi connectivity index (χ0v) is 20.7. The fraction of sp³-hybridized carbons (Fsp3) is 0.345.